The molecular weight excluding hydrogens is 500 g/mol. The summed E-state index contributed by atoms with van der Waals surface area (Å²) in [6.07, 6.45) is 12.6. The number of carbonyl (C=O) groups is 1. The maximum absolute atomic E-state index is 12.2. The Bertz CT molecular complexity index is 1360. The van der Waals surface area contributed by atoms with Crippen LogP contribution < -0.4 is 10.5 Å². The molecule has 3 aromatic rings. The molecule has 0 fully saturated rings. The van der Waals surface area contributed by atoms with E-state index in [-0.39, 0.29) is 23.4 Å². The van der Waals surface area contributed by atoms with E-state index >= 15 is 0 Å². The van der Waals surface area contributed by atoms with Crippen LogP contribution in [0, 0.1) is 0 Å². The van der Waals surface area contributed by atoms with Crippen molar-refractivity contribution >= 4 is 12.0 Å². The van der Waals surface area contributed by atoms with Gasteiger partial charge in [-0.25, -0.2) is 0 Å². The van der Waals surface area contributed by atoms with Gasteiger partial charge in [-0.1, -0.05) is 62.2 Å². The van der Waals surface area contributed by atoms with Crippen molar-refractivity contribution in [3.05, 3.63) is 100 Å². The molecule has 1 aliphatic heterocycles. The number of aromatic hydroxyl groups is 2. The number of aliphatic imine (C=N–C) groups is 1. The number of aryl methyl sites for hydroxylation is 1. The molecule has 0 bridgehead atoms. The predicted molar refractivity (Wildman–Crippen MR) is 160 cm³/mol. The number of nitrogens with two attached hydrogens (primary N) is 1. The van der Waals surface area contributed by atoms with E-state index in [1.165, 1.54) is 18.4 Å². The van der Waals surface area contributed by atoms with E-state index in [1.54, 1.807) is 18.2 Å². The number of hydrogen-bond donors (Lipinski definition) is 3. The molecule has 6 nitrogen and oxygen atoms in total. The third-order valence-corrected chi connectivity index (χ3v) is 7.25. The summed E-state index contributed by atoms with van der Waals surface area (Å²) < 4.78 is 5.92. The summed E-state index contributed by atoms with van der Waals surface area (Å²) in [5, 5.41) is 20.8. The molecule has 0 unspecified atom stereocenters. The summed E-state index contributed by atoms with van der Waals surface area (Å²) in [7, 11) is 0. The summed E-state index contributed by atoms with van der Waals surface area (Å²) in [6.45, 7) is 2.54. The topological polar surface area (TPSA) is 105 Å². The number of unbranched alkanes of at least 4 members (excludes halogenated alkanes) is 3. The van der Waals surface area contributed by atoms with Crippen LogP contribution in [0.2, 0.25) is 0 Å². The molecule has 0 spiro atoms. The van der Waals surface area contributed by atoms with Crippen molar-refractivity contribution in [2.45, 2.75) is 70.9 Å². The lowest BCUT2D eigenvalue weighted by molar-refractivity contribution is -0.114. The average Bonchev–Trinajstić information content (AvgIpc) is 2.95. The number of fused-ring (bicyclic) bond motifs is 1. The lowest BCUT2D eigenvalue weighted by atomic mass is 9.94. The Labute approximate surface area is 237 Å². The lowest BCUT2D eigenvalue weighted by Gasteiger charge is -2.18. The summed E-state index contributed by atoms with van der Waals surface area (Å²) in [5.74, 6) is 0.865. The summed E-state index contributed by atoms with van der Waals surface area (Å²) in [6, 6.07) is 17.1. The minimum atomic E-state index is -0.306. The largest absolute Gasteiger partial charge is 0.508 e. The van der Waals surface area contributed by atoms with Crippen molar-refractivity contribution in [3.63, 3.8) is 0 Å². The van der Waals surface area contributed by atoms with Gasteiger partial charge in [0.15, 0.2) is 17.3 Å². The number of phenolic OH excluding ortho intramolecular Hbond substituents is 2. The van der Waals surface area contributed by atoms with Crippen molar-refractivity contribution in [1.29, 1.82) is 0 Å². The van der Waals surface area contributed by atoms with Gasteiger partial charge in [0.25, 0.3) is 0 Å². The zero-order valence-corrected chi connectivity index (χ0v) is 23.3. The van der Waals surface area contributed by atoms with Gasteiger partial charge in [0, 0.05) is 31.9 Å². The Hall–Kier alpha value is -3.90. The molecule has 0 amide bonds. The van der Waals surface area contributed by atoms with Crippen LogP contribution in [0.3, 0.4) is 0 Å². The van der Waals surface area contributed by atoms with Gasteiger partial charge >= 0.3 is 0 Å². The smallest absolute Gasteiger partial charge is 0.161 e. The van der Waals surface area contributed by atoms with Gasteiger partial charge in [-0.05, 0) is 76.9 Å². The van der Waals surface area contributed by atoms with Crippen LogP contribution in [0.25, 0.3) is 0 Å². The number of rotatable bonds is 14. The second-order valence-electron chi connectivity index (χ2n) is 10.4. The van der Waals surface area contributed by atoms with Gasteiger partial charge < -0.3 is 20.7 Å². The number of nitrogens with zero attached hydrogens (tertiary/aromatic N) is 1. The van der Waals surface area contributed by atoms with E-state index < -0.39 is 0 Å². The monoisotopic (exact) mass is 540 g/mol. The van der Waals surface area contributed by atoms with Crippen molar-refractivity contribution in [3.8, 4) is 17.2 Å². The number of phenols is 2. The highest BCUT2D eigenvalue weighted by Gasteiger charge is 2.14. The highest BCUT2D eigenvalue weighted by atomic mass is 16.5. The summed E-state index contributed by atoms with van der Waals surface area (Å²) in [4.78, 5) is 16.5. The number of carbonyl (C=O) groups excluding carboxylic acids is 1. The zero-order chi connectivity index (χ0) is 28.3. The number of ketones is 1. The van der Waals surface area contributed by atoms with Crippen LogP contribution in [0.1, 0.15) is 78.6 Å². The fourth-order valence-electron chi connectivity index (χ4n) is 4.92. The Balaban J connectivity index is 1.30. The van der Waals surface area contributed by atoms with Crippen LogP contribution in [0.15, 0.2) is 71.7 Å². The summed E-state index contributed by atoms with van der Waals surface area (Å²) in [5.41, 5.74) is 12.2. The van der Waals surface area contributed by atoms with Gasteiger partial charge in [-0.3, -0.25) is 9.79 Å². The Morgan fingerprint density at radius 3 is 2.60 bits per heavy atom. The molecule has 1 heterocycles. The number of hydrogen-bond acceptors (Lipinski definition) is 6. The van der Waals surface area contributed by atoms with Crippen molar-refractivity contribution in [2.75, 3.05) is 6.61 Å². The molecule has 0 aliphatic carbocycles. The third-order valence-electron chi connectivity index (χ3n) is 7.25. The van der Waals surface area contributed by atoms with Crippen LogP contribution in [-0.4, -0.2) is 28.8 Å². The van der Waals surface area contributed by atoms with E-state index in [0.717, 1.165) is 47.1 Å². The molecule has 6 heteroatoms. The Kier molecular flexibility index (Phi) is 10.5. The maximum atomic E-state index is 12.2. The summed E-state index contributed by atoms with van der Waals surface area (Å²) >= 11 is 0. The predicted octanol–water partition coefficient (Wildman–Crippen LogP) is 6.53. The van der Waals surface area contributed by atoms with Crippen molar-refractivity contribution in [2.24, 2.45) is 10.7 Å². The maximum Gasteiger partial charge on any atom is 0.161 e. The van der Waals surface area contributed by atoms with Crippen LogP contribution in [0.4, 0.5) is 0 Å². The molecule has 4 rings (SSSR count). The quantitative estimate of drug-likeness (QED) is 0.159. The standard InChI is InChI=1S/C34H40N2O4/c1-2-3-4-5-6-7-29(37)12-8-24-11-15-32(39)33(23-24)40-19-17-25-10-14-31(38)28(20-25)22-26-9-13-30-27(21-26)16-18-36-34(30)35/h6-7,9-11,13-15,18,20-21,23,34,38-39H,2-5,8,12,16-17,19,22,35H2,1H3/t34-/m0/s1. The highest BCUT2D eigenvalue weighted by molar-refractivity contribution is 5.89. The first kappa shape index (κ1) is 29.1. The third kappa shape index (κ3) is 8.30. The molecule has 40 heavy (non-hydrogen) atoms. The molecule has 3 aromatic carbocycles. The van der Waals surface area contributed by atoms with Crippen LogP contribution in [0.5, 0.6) is 17.2 Å². The first-order valence-electron chi connectivity index (χ1n) is 14.3. The van der Waals surface area contributed by atoms with Gasteiger partial charge in [-0.2, -0.15) is 0 Å². The molecule has 1 atom stereocenters. The lowest BCUT2D eigenvalue weighted by Crippen LogP contribution is -2.15. The van der Waals surface area contributed by atoms with E-state index in [0.29, 0.717) is 38.0 Å². The van der Waals surface area contributed by atoms with E-state index in [1.807, 2.05) is 48.7 Å². The molecule has 0 saturated carbocycles. The van der Waals surface area contributed by atoms with E-state index in [4.69, 9.17) is 10.5 Å². The Morgan fingerprint density at radius 1 is 1.00 bits per heavy atom. The van der Waals surface area contributed by atoms with Crippen LogP contribution >= 0.6 is 0 Å². The SMILES string of the molecule is CCCCCC=CC(=O)CCc1ccc(O)c(OCCc2ccc(O)c(Cc3ccc4c(c3)CC=N[C@@H]4N)c2)c1. The van der Waals surface area contributed by atoms with E-state index in [2.05, 4.69) is 18.0 Å². The molecule has 210 valence electrons. The van der Waals surface area contributed by atoms with Gasteiger partial charge in [0.05, 0.1) is 6.61 Å². The molecule has 0 saturated heterocycles. The van der Waals surface area contributed by atoms with Crippen LogP contribution in [-0.2, 0) is 30.5 Å². The second kappa shape index (κ2) is 14.5. The normalized spacial score (nSPS) is 14.4. The first-order chi connectivity index (χ1) is 19.4. The first-order valence-corrected chi connectivity index (χ1v) is 14.3. The minimum absolute atomic E-state index is 0.0782. The number of benzene rings is 3. The molecule has 0 aromatic heterocycles. The molecular formula is C34H40N2O4. The van der Waals surface area contributed by atoms with E-state index in [9.17, 15) is 15.0 Å². The second-order valence-corrected chi connectivity index (χ2v) is 10.4. The molecule has 0 radical (unpaired) electrons. The fourth-order valence-corrected chi connectivity index (χ4v) is 4.92. The fraction of sp³-hybridized carbons (Fsp3) is 0.353. The zero-order valence-electron chi connectivity index (χ0n) is 23.3. The Morgan fingerprint density at radius 2 is 1.77 bits per heavy atom. The van der Waals surface area contributed by atoms with Gasteiger partial charge in [0.1, 0.15) is 11.9 Å². The van der Waals surface area contributed by atoms with Gasteiger partial charge in [0.2, 0.25) is 0 Å². The van der Waals surface area contributed by atoms with Crippen molar-refractivity contribution in [1.82, 2.24) is 0 Å². The van der Waals surface area contributed by atoms with Crippen molar-refractivity contribution < 1.29 is 19.7 Å². The average molecular weight is 541 g/mol. The molecule has 1 aliphatic rings. The molecule has 4 N–H and O–H groups in total. The van der Waals surface area contributed by atoms with Gasteiger partial charge in [-0.15, -0.1) is 0 Å². The minimum Gasteiger partial charge on any atom is -0.508 e. The number of allylic oxidation sites excluding steroid dienone is 2. The number of ether oxygens (including phenoxy) is 1. The highest BCUT2D eigenvalue weighted by Crippen LogP contribution is 2.29.